The zero-order valence-electron chi connectivity index (χ0n) is 21.5. The minimum absolute atomic E-state index is 0.00274. The molecule has 2 fully saturated rings. The summed E-state index contributed by atoms with van der Waals surface area (Å²) in [6.45, 7) is 3.28. The van der Waals surface area contributed by atoms with Crippen LogP contribution in [0.4, 0.5) is 4.79 Å². The number of amides is 1. The molecule has 11 nitrogen and oxygen atoms in total. The number of nitrogens with zero attached hydrogens (tertiary/aromatic N) is 1. The number of ketones is 2. The maximum atomic E-state index is 13.8. The third-order valence-corrected chi connectivity index (χ3v) is 9.85. The van der Waals surface area contributed by atoms with Crippen LogP contribution >= 0.6 is 11.8 Å². The van der Waals surface area contributed by atoms with E-state index in [2.05, 4.69) is 5.32 Å². The van der Waals surface area contributed by atoms with Crippen molar-refractivity contribution >= 4 is 45.4 Å². The summed E-state index contributed by atoms with van der Waals surface area (Å²) in [7, 11) is -4.19. The molecule has 2 saturated heterocycles. The zero-order valence-corrected chi connectivity index (χ0v) is 23.2. The number of carbonyl (C=O) groups excluding carboxylic acids is 4. The molecule has 2 aromatic rings. The third kappa shape index (κ3) is 5.92. The van der Waals surface area contributed by atoms with Gasteiger partial charge in [-0.05, 0) is 44.2 Å². The Labute approximate surface area is 230 Å². The van der Waals surface area contributed by atoms with Crippen LogP contribution in [0.3, 0.4) is 0 Å². The molecule has 2 atom stereocenters. The predicted octanol–water partition coefficient (Wildman–Crippen LogP) is 1.81. The second-order valence-electron chi connectivity index (χ2n) is 9.51. The smallest absolute Gasteiger partial charge is 0.425 e. The van der Waals surface area contributed by atoms with E-state index >= 15 is 0 Å². The highest BCUT2D eigenvalue weighted by atomic mass is 32.2. The van der Waals surface area contributed by atoms with Gasteiger partial charge in [-0.15, -0.1) is 3.89 Å². The van der Waals surface area contributed by atoms with Gasteiger partial charge in [-0.1, -0.05) is 17.7 Å². The van der Waals surface area contributed by atoms with Crippen molar-refractivity contribution in [2.24, 2.45) is 5.73 Å². The first-order valence-corrected chi connectivity index (χ1v) is 14.9. The fraction of sp³-hybridized carbons (Fsp3) is 0.385. The first-order chi connectivity index (χ1) is 18.4. The molecule has 3 N–H and O–H groups in total. The molecule has 0 spiro atoms. The van der Waals surface area contributed by atoms with Gasteiger partial charge in [-0.25, -0.2) is 4.79 Å². The monoisotopic (exact) mass is 576 g/mol. The summed E-state index contributed by atoms with van der Waals surface area (Å²) < 4.78 is 37.5. The maximum absolute atomic E-state index is 13.8. The number of benzene rings is 2. The van der Waals surface area contributed by atoms with Gasteiger partial charge in [-0.3, -0.25) is 14.9 Å². The van der Waals surface area contributed by atoms with Crippen molar-refractivity contribution < 1.29 is 41.0 Å². The number of hydrogen-bond donors (Lipinski definition) is 2. The molecule has 0 aliphatic carbocycles. The van der Waals surface area contributed by atoms with Crippen molar-refractivity contribution in [3.63, 3.8) is 0 Å². The highest BCUT2D eigenvalue weighted by Crippen LogP contribution is 2.33. The van der Waals surface area contributed by atoms with Crippen LogP contribution in [-0.4, -0.2) is 79.2 Å². The van der Waals surface area contributed by atoms with Crippen LogP contribution in [0.5, 0.6) is 11.5 Å². The number of nitrogens with one attached hydrogen (secondary N) is 1. The number of nitrogens with two attached hydrogens (primary N) is 1. The Kier molecular flexibility index (Phi) is 8.57. The van der Waals surface area contributed by atoms with E-state index in [4.69, 9.17) is 15.2 Å². The lowest BCUT2D eigenvalue weighted by Gasteiger charge is -2.35. The van der Waals surface area contributed by atoms with Crippen molar-refractivity contribution in [1.29, 1.82) is 0 Å². The number of hydrogen-bond acceptors (Lipinski definition) is 11. The van der Waals surface area contributed by atoms with Crippen molar-refractivity contribution in [1.82, 2.24) is 5.32 Å². The van der Waals surface area contributed by atoms with Gasteiger partial charge < -0.3 is 15.2 Å². The molecule has 4 rings (SSSR count). The number of esters is 1. The fourth-order valence-electron chi connectivity index (χ4n) is 4.29. The molecule has 2 aliphatic heterocycles. The first-order valence-electron chi connectivity index (χ1n) is 12.3. The molecule has 2 aromatic carbocycles. The van der Waals surface area contributed by atoms with E-state index in [1.54, 1.807) is 12.1 Å². The number of rotatable bonds is 7. The summed E-state index contributed by atoms with van der Waals surface area (Å²) in [6, 6.07) is 8.23. The van der Waals surface area contributed by atoms with Gasteiger partial charge in [0.15, 0.2) is 5.78 Å². The van der Waals surface area contributed by atoms with E-state index in [0.29, 0.717) is 11.5 Å². The van der Waals surface area contributed by atoms with Crippen LogP contribution in [0.25, 0.3) is 0 Å². The highest BCUT2D eigenvalue weighted by molar-refractivity contribution is 7.99. The molecule has 208 valence electrons. The quantitative estimate of drug-likeness (QED) is 0.214. The lowest BCUT2D eigenvalue weighted by molar-refractivity contribution is -0.724. The molecule has 1 amide bonds. The number of Topliss-reactive ketones (excluding diaryl/α,β-unsaturated/α-hetero) is 2. The van der Waals surface area contributed by atoms with E-state index < -0.39 is 43.8 Å². The highest BCUT2D eigenvalue weighted by Gasteiger charge is 2.53. The van der Waals surface area contributed by atoms with Gasteiger partial charge in [0.05, 0.1) is 18.2 Å². The van der Waals surface area contributed by atoms with Crippen LogP contribution in [0, 0.1) is 6.92 Å². The Morgan fingerprint density at radius 2 is 1.74 bits per heavy atom. The molecule has 0 saturated carbocycles. The normalized spacial score (nSPS) is 19.8. The first kappa shape index (κ1) is 28.9. The largest absolute Gasteiger partial charge is 0.537 e. The van der Waals surface area contributed by atoms with Crippen molar-refractivity contribution in [2.75, 3.05) is 31.1 Å². The summed E-state index contributed by atoms with van der Waals surface area (Å²) in [5.74, 6) is -0.854. The predicted molar refractivity (Wildman–Crippen MR) is 143 cm³/mol. The summed E-state index contributed by atoms with van der Waals surface area (Å²) >= 11 is 1.54. The minimum Gasteiger partial charge on any atom is -0.425 e. The fourth-order valence-corrected chi connectivity index (χ4v) is 7.39. The standard InChI is InChI=1S/C26H30N3O8S2/c1-16-3-6-20(7-4-16)39(34,35)29(9-11-38-12-10-29)26(33)36-19-5-8-23(37-25(32)17(2)27)21(14-19)24(31)22-13-18(30)15-28-22/h3-8,14,17,22,28H,9-13,15,27H2,1-2H3/q+1/t17-,22-/m0/s1. The number of ether oxygens (including phenoxy) is 2. The Morgan fingerprint density at radius 1 is 1.08 bits per heavy atom. The molecule has 2 aliphatic rings. The molecular weight excluding hydrogens is 546 g/mol. The molecular formula is C26H30N3O8S2+. The van der Waals surface area contributed by atoms with Crippen molar-refractivity contribution in [3.8, 4) is 11.5 Å². The number of sulfonamides is 1. The molecule has 0 unspecified atom stereocenters. The van der Waals surface area contributed by atoms with Gasteiger partial charge in [0.1, 0.15) is 41.3 Å². The van der Waals surface area contributed by atoms with Crippen LogP contribution in [-0.2, 0) is 19.6 Å². The second-order valence-corrected chi connectivity index (χ2v) is 12.9. The molecule has 0 bridgehead atoms. The summed E-state index contributed by atoms with van der Waals surface area (Å²) in [6.07, 6.45) is -1.06. The van der Waals surface area contributed by atoms with Gasteiger partial charge in [0.25, 0.3) is 0 Å². The van der Waals surface area contributed by atoms with Crippen LogP contribution in [0.15, 0.2) is 47.4 Å². The Balaban J connectivity index is 1.69. The summed E-state index contributed by atoms with van der Waals surface area (Å²) in [4.78, 5) is 50.8. The SMILES string of the molecule is Cc1ccc(S(=O)(=O)[N+]2(C(=O)Oc3ccc(OC(=O)[C@H](C)N)c(C(=O)[C@@H]4CC(=O)CN4)c3)CCSCC2)cc1. The maximum Gasteiger partial charge on any atom is 0.537 e. The molecule has 0 radical (unpaired) electrons. The zero-order chi connectivity index (χ0) is 28.4. The van der Waals surface area contributed by atoms with Gasteiger partial charge in [0, 0.05) is 17.9 Å². The van der Waals surface area contributed by atoms with Gasteiger partial charge >= 0.3 is 22.1 Å². The number of aryl methyl sites for hydroxylation is 1. The summed E-state index contributed by atoms with van der Waals surface area (Å²) in [5.41, 5.74) is 6.36. The molecule has 0 aromatic heterocycles. The van der Waals surface area contributed by atoms with E-state index in [1.165, 1.54) is 49.0 Å². The van der Waals surface area contributed by atoms with E-state index in [1.807, 2.05) is 6.92 Å². The third-order valence-electron chi connectivity index (χ3n) is 6.60. The van der Waals surface area contributed by atoms with Gasteiger partial charge in [0.2, 0.25) is 0 Å². The van der Waals surface area contributed by atoms with E-state index in [-0.39, 0.29) is 53.8 Å². The minimum atomic E-state index is -4.19. The molecule has 2 heterocycles. The number of quaternary nitrogens is 1. The van der Waals surface area contributed by atoms with Crippen LogP contribution < -0.4 is 20.5 Å². The number of carbonyl (C=O) groups is 4. The second kappa shape index (κ2) is 11.6. The Morgan fingerprint density at radius 3 is 2.33 bits per heavy atom. The van der Waals surface area contributed by atoms with Gasteiger partial charge in [-0.2, -0.15) is 25.0 Å². The van der Waals surface area contributed by atoms with Crippen LogP contribution in [0.2, 0.25) is 0 Å². The lowest BCUT2D eigenvalue weighted by atomic mass is 10.0. The topological polar surface area (TPSA) is 159 Å². The average molecular weight is 577 g/mol. The molecule has 39 heavy (non-hydrogen) atoms. The summed E-state index contributed by atoms with van der Waals surface area (Å²) in [5, 5.41) is 2.81. The Hall–Kier alpha value is -3.10. The van der Waals surface area contributed by atoms with E-state index in [0.717, 1.165) is 5.56 Å². The average Bonchev–Trinajstić information content (AvgIpc) is 3.35. The lowest BCUT2D eigenvalue weighted by Crippen LogP contribution is -2.61. The Bertz CT molecular complexity index is 1400. The van der Waals surface area contributed by atoms with E-state index in [9.17, 15) is 27.6 Å². The van der Waals surface area contributed by atoms with Crippen molar-refractivity contribution in [3.05, 3.63) is 53.6 Å². The number of thioether (sulfide) groups is 1. The van der Waals surface area contributed by atoms with Crippen molar-refractivity contribution in [2.45, 2.75) is 37.2 Å². The molecule has 13 heteroatoms. The van der Waals surface area contributed by atoms with Crippen LogP contribution in [0.1, 0.15) is 29.3 Å².